The number of phenolic OH excluding ortho intramolecular Hbond substituents is 1. The fraction of sp³-hybridized carbons (Fsp3) is 0.312. The number of aromatic hydroxyl groups is 1. The minimum absolute atomic E-state index is 0. The first-order valence-electron chi connectivity index (χ1n) is 14.9. The van der Waals surface area contributed by atoms with Crippen molar-refractivity contribution in [1.82, 2.24) is 4.98 Å². The molecule has 3 aromatic carbocycles. The lowest BCUT2D eigenvalue weighted by Gasteiger charge is -2.39. The topological polar surface area (TPSA) is 185 Å². The Morgan fingerprint density at radius 3 is 1.80 bits per heavy atom. The molecule has 6 rings (SSSR count). The Morgan fingerprint density at radius 1 is 0.761 bits per heavy atom. The minimum Gasteiger partial charge on any atom is -0.506 e. The zero-order chi connectivity index (χ0) is 31.8. The number of benzene rings is 3. The van der Waals surface area contributed by atoms with Crippen LogP contribution in [0, 0.1) is 0 Å². The van der Waals surface area contributed by atoms with Gasteiger partial charge in [0.1, 0.15) is 15.8 Å². The Hall–Kier alpha value is -3.55. The number of fused-ring (bicyclic) bond motifs is 1. The maximum Gasteiger partial charge on any atom is 0.259 e. The highest BCUT2D eigenvalue weighted by molar-refractivity contribution is 6.42. The first-order chi connectivity index (χ1) is 21.6. The summed E-state index contributed by atoms with van der Waals surface area (Å²) in [5.41, 5.74) is 27.1. The van der Waals surface area contributed by atoms with Crippen molar-refractivity contribution < 1.29 is 9.90 Å². The summed E-state index contributed by atoms with van der Waals surface area (Å²) in [4.78, 5) is 22.0. The molecule has 0 radical (unpaired) electrons. The van der Waals surface area contributed by atoms with E-state index in [4.69, 9.17) is 51.1 Å². The molecule has 4 aromatic rings. The fourth-order valence-corrected chi connectivity index (χ4v) is 6.82. The molecular weight excluding hydrogens is 649 g/mol. The lowest BCUT2D eigenvalue weighted by atomic mass is 10.0. The van der Waals surface area contributed by atoms with Gasteiger partial charge in [0.2, 0.25) is 0 Å². The molecule has 4 atom stereocenters. The molecule has 1 amide bonds. The number of aromatic nitrogens is 1. The number of amides is 1. The van der Waals surface area contributed by atoms with Gasteiger partial charge in [-0.05, 0) is 48.6 Å². The number of carbonyl (C=O) groups is 1. The number of hydrogen-bond acceptors (Lipinski definition) is 10. The van der Waals surface area contributed by atoms with E-state index in [2.05, 4.69) is 10.6 Å². The summed E-state index contributed by atoms with van der Waals surface area (Å²) in [7, 11) is 0. The van der Waals surface area contributed by atoms with Gasteiger partial charge < -0.3 is 48.5 Å². The lowest BCUT2D eigenvalue weighted by molar-refractivity contribution is 0.102. The van der Waals surface area contributed by atoms with Crippen LogP contribution in [-0.4, -0.2) is 66.3 Å². The SMILES string of the molecule is Cl.N[C@@H]1C[C@H](N)CN(c2nc(N3C[C@H](N)C[C@H](N)C3)c(Cl)c(Nc3ccc(NC(=O)c4ccc5ccccc5c4O)cc3)c2Cl)C1. The third-order valence-corrected chi connectivity index (χ3v) is 8.95. The molecule has 2 aliphatic heterocycles. The Labute approximate surface area is 283 Å². The first kappa shape index (κ1) is 33.8. The van der Waals surface area contributed by atoms with Gasteiger partial charge in [0.25, 0.3) is 5.91 Å². The van der Waals surface area contributed by atoms with Crippen LogP contribution >= 0.6 is 35.6 Å². The van der Waals surface area contributed by atoms with Gasteiger partial charge in [-0.2, -0.15) is 0 Å². The summed E-state index contributed by atoms with van der Waals surface area (Å²) < 4.78 is 0. The molecule has 14 heteroatoms. The molecule has 0 spiro atoms. The van der Waals surface area contributed by atoms with Gasteiger partial charge in [-0.1, -0.05) is 53.5 Å². The normalized spacial score (nSPS) is 21.5. The molecule has 46 heavy (non-hydrogen) atoms. The van der Waals surface area contributed by atoms with Gasteiger partial charge in [-0.25, -0.2) is 4.98 Å². The number of nitrogens with one attached hydrogen (secondary N) is 2. The van der Waals surface area contributed by atoms with Crippen molar-refractivity contribution in [1.29, 1.82) is 0 Å². The smallest absolute Gasteiger partial charge is 0.259 e. The predicted molar refractivity (Wildman–Crippen MR) is 190 cm³/mol. The minimum atomic E-state index is -0.427. The van der Waals surface area contributed by atoms with E-state index in [1.54, 1.807) is 42.5 Å². The van der Waals surface area contributed by atoms with E-state index in [0.29, 0.717) is 83.2 Å². The molecule has 0 unspecified atom stereocenters. The van der Waals surface area contributed by atoms with Crippen molar-refractivity contribution in [2.24, 2.45) is 22.9 Å². The molecule has 0 aliphatic carbocycles. The van der Waals surface area contributed by atoms with Gasteiger partial charge in [-0.3, -0.25) is 4.79 Å². The average molecular weight is 687 g/mol. The molecule has 2 fully saturated rings. The van der Waals surface area contributed by atoms with E-state index < -0.39 is 5.91 Å². The van der Waals surface area contributed by atoms with Crippen LogP contribution in [0.3, 0.4) is 0 Å². The van der Waals surface area contributed by atoms with Crippen LogP contribution in [0.4, 0.5) is 28.7 Å². The molecule has 0 saturated carbocycles. The van der Waals surface area contributed by atoms with E-state index in [9.17, 15) is 9.90 Å². The predicted octanol–water partition coefficient (Wildman–Crippen LogP) is 4.39. The summed E-state index contributed by atoms with van der Waals surface area (Å²) >= 11 is 14.0. The van der Waals surface area contributed by atoms with Gasteiger partial charge in [0, 0.05) is 67.1 Å². The first-order valence-corrected chi connectivity index (χ1v) is 15.6. The van der Waals surface area contributed by atoms with Gasteiger partial charge in [0.05, 0.1) is 11.3 Å². The molecule has 11 nitrogen and oxygen atoms in total. The molecule has 244 valence electrons. The summed E-state index contributed by atoms with van der Waals surface area (Å²) in [5, 5.41) is 19.0. The second-order valence-corrected chi connectivity index (χ2v) is 12.7. The monoisotopic (exact) mass is 685 g/mol. The zero-order valence-electron chi connectivity index (χ0n) is 25.0. The van der Waals surface area contributed by atoms with Crippen LogP contribution in [0.2, 0.25) is 10.0 Å². The second kappa shape index (κ2) is 14.1. The third-order valence-electron chi connectivity index (χ3n) is 8.23. The van der Waals surface area contributed by atoms with E-state index in [-0.39, 0.29) is 47.9 Å². The highest BCUT2D eigenvalue weighted by Gasteiger charge is 2.31. The van der Waals surface area contributed by atoms with Gasteiger partial charge >= 0.3 is 0 Å². The summed E-state index contributed by atoms with van der Waals surface area (Å²) in [5.74, 6) is 0.556. The van der Waals surface area contributed by atoms with Crippen LogP contribution in [0.5, 0.6) is 5.75 Å². The lowest BCUT2D eigenvalue weighted by Crippen LogP contribution is -2.53. The van der Waals surface area contributed by atoms with Crippen LogP contribution in [0.25, 0.3) is 10.8 Å². The van der Waals surface area contributed by atoms with E-state index >= 15 is 0 Å². The van der Waals surface area contributed by atoms with Gasteiger partial charge in [0.15, 0.2) is 11.6 Å². The summed E-state index contributed by atoms with van der Waals surface area (Å²) in [6, 6.07) is 17.3. The molecule has 0 bridgehead atoms. The van der Waals surface area contributed by atoms with Crippen molar-refractivity contribution in [3.05, 3.63) is 76.3 Å². The Bertz CT molecular complexity index is 1660. The van der Waals surface area contributed by atoms with Crippen LogP contribution in [-0.2, 0) is 0 Å². The summed E-state index contributed by atoms with van der Waals surface area (Å²) in [6.45, 7) is 2.17. The quantitative estimate of drug-likeness (QED) is 0.153. The van der Waals surface area contributed by atoms with Crippen LogP contribution < -0.4 is 43.4 Å². The van der Waals surface area contributed by atoms with Crippen LogP contribution in [0.15, 0.2) is 60.7 Å². The number of nitrogens with two attached hydrogens (primary N) is 4. The average Bonchev–Trinajstić information content (AvgIpc) is 2.99. The van der Waals surface area contributed by atoms with Crippen molar-refractivity contribution in [3.8, 4) is 5.75 Å². The molecule has 1 aromatic heterocycles. The summed E-state index contributed by atoms with van der Waals surface area (Å²) in [6.07, 6.45) is 1.41. The Kier molecular flexibility index (Phi) is 10.3. The number of piperidine rings is 2. The number of halogens is 3. The van der Waals surface area contributed by atoms with Gasteiger partial charge in [-0.15, -0.1) is 12.4 Å². The number of phenols is 1. The highest BCUT2D eigenvalue weighted by Crippen LogP contribution is 2.44. The highest BCUT2D eigenvalue weighted by atomic mass is 35.5. The Balaban J connectivity index is 0.00000417. The standard InChI is InChI=1S/C32H37Cl2N9O2.ClH/c33-26-28(27(34)31(43-15-20(37)12-21(38)16-43)41-30(26)42-13-18(35)11-19(36)14-42)39-22-6-8-23(9-7-22)40-32(45)25-10-5-17-3-1-2-4-24(17)29(25)44;/h1-10,18-21,44H,11-16,35-38H2,(H,39,41)(H,40,45);1H/t18-,19+,20-,21+;. The zero-order valence-corrected chi connectivity index (χ0v) is 27.3. The van der Waals surface area contributed by atoms with Crippen molar-refractivity contribution in [3.63, 3.8) is 0 Å². The Morgan fingerprint density at radius 2 is 1.26 bits per heavy atom. The second-order valence-electron chi connectivity index (χ2n) is 11.9. The van der Waals surface area contributed by atoms with E-state index in [0.717, 1.165) is 5.39 Å². The number of pyridine rings is 1. The van der Waals surface area contributed by atoms with E-state index in [1.165, 1.54) is 0 Å². The molecule has 2 saturated heterocycles. The maximum absolute atomic E-state index is 13.0. The number of rotatable bonds is 6. The molecular formula is C32H38Cl3N9O2. The van der Waals surface area contributed by atoms with E-state index in [1.807, 2.05) is 28.0 Å². The number of anilines is 5. The van der Waals surface area contributed by atoms with Crippen molar-refractivity contribution in [2.75, 3.05) is 46.6 Å². The third kappa shape index (κ3) is 7.06. The number of hydrogen-bond donors (Lipinski definition) is 7. The van der Waals surface area contributed by atoms with Crippen molar-refractivity contribution in [2.45, 2.75) is 37.0 Å². The molecule has 11 N–H and O–H groups in total. The molecule has 2 aliphatic rings. The number of nitrogens with zero attached hydrogens (tertiary/aromatic N) is 3. The van der Waals surface area contributed by atoms with Crippen LogP contribution in [0.1, 0.15) is 23.2 Å². The largest absolute Gasteiger partial charge is 0.506 e. The maximum atomic E-state index is 13.0. The number of carbonyl (C=O) groups excluding carboxylic acids is 1. The van der Waals surface area contributed by atoms with Crippen molar-refractivity contribution >= 4 is 81.0 Å². The molecule has 3 heterocycles. The fourth-order valence-electron chi connectivity index (χ4n) is 6.17.